The minimum atomic E-state index is -3.44. The molecule has 0 amide bonds. The normalized spacial score (nSPS) is 18.2. The van der Waals surface area contributed by atoms with Gasteiger partial charge < -0.3 is 10.6 Å². The SMILES string of the molecule is CN1CCC(CN(C)S(=O)(=O)c2ccc(C(N)=S)s2)CC1. The molecule has 2 N–H and O–H groups in total. The van der Waals surface area contributed by atoms with Crippen LogP contribution in [0.15, 0.2) is 16.3 Å². The van der Waals surface area contributed by atoms with E-state index in [1.54, 1.807) is 19.2 Å². The Kier molecular flexibility index (Phi) is 5.37. The number of hydrogen-bond acceptors (Lipinski definition) is 5. The Labute approximate surface area is 135 Å². The van der Waals surface area contributed by atoms with Gasteiger partial charge in [0, 0.05) is 13.6 Å². The average Bonchev–Trinajstić information content (AvgIpc) is 2.91. The molecule has 0 radical (unpaired) electrons. The second kappa shape index (κ2) is 6.70. The van der Waals surface area contributed by atoms with Crippen LogP contribution in [0.25, 0.3) is 0 Å². The van der Waals surface area contributed by atoms with Gasteiger partial charge in [0.05, 0.1) is 4.88 Å². The van der Waals surface area contributed by atoms with Gasteiger partial charge in [-0.15, -0.1) is 11.3 Å². The first-order valence-electron chi connectivity index (χ1n) is 6.85. The molecule has 2 rings (SSSR count). The van der Waals surface area contributed by atoms with E-state index in [-0.39, 0.29) is 4.99 Å². The third kappa shape index (κ3) is 4.01. The molecule has 21 heavy (non-hydrogen) atoms. The standard InChI is InChI=1S/C13H21N3O2S3/c1-15-7-5-10(6-8-15)9-16(2)21(17,18)12-4-3-11(20-12)13(14)19/h3-4,10H,5-9H2,1-2H3,(H2,14,19). The van der Waals surface area contributed by atoms with Gasteiger partial charge in [-0.3, -0.25) is 0 Å². The summed E-state index contributed by atoms with van der Waals surface area (Å²) in [6, 6.07) is 3.25. The van der Waals surface area contributed by atoms with Gasteiger partial charge in [-0.05, 0) is 51.0 Å². The van der Waals surface area contributed by atoms with Crippen molar-refractivity contribution in [2.24, 2.45) is 11.7 Å². The molecule has 0 aromatic carbocycles. The Balaban J connectivity index is 2.05. The Bertz CT molecular complexity index is 604. The quantitative estimate of drug-likeness (QED) is 0.815. The van der Waals surface area contributed by atoms with Crippen LogP contribution in [0.5, 0.6) is 0 Å². The molecule has 0 saturated carbocycles. The van der Waals surface area contributed by atoms with Gasteiger partial charge in [-0.1, -0.05) is 12.2 Å². The predicted octanol–water partition coefficient (Wildman–Crippen LogP) is 1.34. The zero-order valence-corrected chi connectivity index (χ0v) is 14.7. The lowest BCUT2D eigenvalue weighted by atomic mass is 9.97. The minimum Gasteiger partial charge on any atom is -0.389 e. The first-order valence-corrected chi connectivity index (χ1v) is 9.51. The highest BCUT2D eigenvalue weighted by molar-refractivity contribution is 7.91. The van der Waals surface area contributed by atoms with Gasteiger partial charge in [0.15, 0.2) is 0 Å². The zero-order valence-electron chi connectivity index (χ0n) is 12.3. The molecular weight excluding hydrogens is 326 g/mol. The van der Waals surface area contributed by atoms with E-state index in [1.165, 1.54) is 4.31 Å². The van der Waals surface area contributed by atoms with Crippen LogP contribution in [0.3, 0.4) is 0 Å². The molecular formula is C13H21N3O2S3. The number of sulfonamides is 1. The van der Waals surface area contributed by atoms with Crippen molar-refractivity contribution in [2.45, 2.75) is 17.1 Å². The number of thiophene rings is 1. The lowest BCUT2D eigenvalue weighted by molar-refractivity contribution is 0.202. The highest BCUT2D eigenvalue weighted by atomic mass is 32.2. The number of piperidine rings is 1. The predicted molar refractivity (Wildman–Crippen MR) is 90.2 cm³/mol. The summed E-state index contributed by atoms with van der Waals surface area (Å²) in [6.07, 6.45) is 2.08. The summed E-state index contributed by atoms with van der Waals surface area (Å²) in [5.41, 5.74) is 5.54. The fraction of sp³-hybridized carbons (Fsp3) is 0.615. The summed E-state index contributed by atoms with van der Waals surface area (Å²) < 4.78 is 26.9. The van der Waals surface area contributed by atoms with Crippen LogP contribution in [0.4, 0.5) is 0 Å². The summed E-state index contributed by atoms with van der Waals surface area (Å²) in [7, 11) is 0.302. The zero-order chi connectivity index (χ0) is 15.6. The second-order valence-electron chi connectivity index (χ2n) is 5.52. The van der Waals surface area contributed by atoms with Crippen molar-refractivity contribution >= 4 is 38.6 Å². The maximum absolute atomic E-state index is 12.5. The lowest BCUT2D eigenvalue weighted by Gasteiger charge is -2.31. The Hall–Kier alpha value is -0.540. The molecule has 0 spiro atoms. The summed E-state index contributed by atoms with van der Waals surface area (Å²) in [5.74, 6) is 0.427. The first-order chi connectivity index (χ1) is 9.80. The largest absolute Gasteiger partial charge is 0.389 e. The summed E-state index contributed by atoms with van der Waals surface area (Å²) >= 11 is 6.02. The van der Waals surface area contributed by atoms with Gasteiger partial charge >= 0.3 is 0 Å². The molecule has 1 fully saturated rings. The number of rotatable bonds is 5. The van der Waals surface area contributed by atoms with Crippen molar-refractivity contribution < 1.29 is 8.42 Å². The van der Waals surface area contributed by atoms with Gasteiger partial charge in [0.1, 0.15) is 9.20 Å². The van der Waals surface area contributed by atoms with Crippen molar-refractivity contribution in [3.8, 4) is 0 Å². The van der Waals surface area contributed by atoms with Crippen molar-refractivity contribution in [3.05, 3.63) is 17.0 Å². The highest BCUT2D eigenvalue weighted by Gasteiger charge is 2.27. The van der Waals surface area contributed by atoms with E-state index in [1.807, 2.05) is 0 Å². The monoisotopic (exact) mass is 347 g/mol. The molecule has 1 saturated heterocycles. The molecule has 0 bridgehead atoms. The highest BCUT2D eigenvalue weighted by Crippen LogP contribution is 2.26. The molecule has 118 valence electrons. The molecule has 8 heteroatoms. The van der Waals surface area contributed by atoms with Crippen molar-refractivity contribution in [1.29, 1.82) is 0 Å². The van der Waals surface area contributed by atoms with Gasteiger partial charge in [-0.2, -0.15) is 4.31 Å². The van der Waals surface area contributed by atoms with E-state index in [9.17, 15) is 8.42 Å². The molecule has 0 unspecified atom stereocenters. The molecule has 0 aliphatic carbocycles. The Morgan fingerprint density at radius 2 is 2.10 bits per heavy atom. The molecule has 1 aliphatic heterocycles. The molecule has 2 heterocycles. The summed E-state index contributed by atoms with van der Waals surface area (Å²) in [4.78, 5) is 3.15. The van der Waals surface area contributed by atoms with Crippen LogP contribution in [0.2, 0.25) is 0 Å². The molecule has 5 nitrogen and oxygen atoms in total. The van der Waals surface area contributed by atoms with Crippen LogP contribution in [-0.4, -0.2) is 56.3 Å². The number of hydrogen-bond donors (Lipinski definition) is 1. The van der Waals surface area contributed by atoms with E-state index in [0.717, 1.165) is 37.3 Å². The molecule has 1 aromatic heterocycles. The maximum Gasteiger partial charge on any atom is 0.252 e. The molecule has 0 atom stereocenters. The molecule has 1 aliphatic rings. The first kappa shape index (κ1) is 16.8. The number of nitrogens with two attached hydrogens (primary N) is 1. The van der Waals surface area contributed by atoms with Gasteiger partial charge in [0.2, 0.25) is 0 Å². The third-order valence-corrected chi connectivity index (χ3v) is 7.60. The summed E-state index contributed by atoms with van der Waals surface area (Å²) in [5, 5.41) is 0. The average molecular weight is 348 g/mol. The molecule has 1 aromatic rings. The lowest BCUT2D eigenvalue weighted by Crippen LogP contribution is -2.37. The van der Waals surface area contributed by atoms with E-state index in [4.69, 9.17) is 18.0 Å². The fourth-order valence-electron chi connectivity index (χ4n) is 2.45. The number of nitrogens with zero attached hydrogens (tertiary/aromatic N) is 2. The van der Waals surface area contributed by atoms with Crippen LogP contribution >= 0.6 is 23.6 Å². The van der Waals surface area contributed by atoms with Crippen LogP contribution in [0, 0.1) is 5.92 Å². The van der Waals surface area contributed by atoms with Crippen molar-refractivity contribution in [3.63, 3.8) is 0 Å². The summed E-state index contributed by atoms with van der Waals surface area (Å²) in [6.45, 7) is 2.63. The Morgan fingerprint density at radius 1 is 1.48 bits per heavy atom. The van der Waals surface area contributed by atoms with Gasteiger partial charge in [-0.25, -0.2) is 8.42 Å². The number of likely N-dealkylation sites (tertiary alicyclic amines) is 1. The van der Waals surface area contributed by atoms with E-state index in [2.05, 4.69) is 11.9 Å². The minimum absolute atomic E-state index is 0.236. The smallest absolute Gasteiger partial charge is 0.252 e. The van der Waals surface area contributed by atoms with Crippen LogP contribution in [-0.2, 0) is 10.0 Å². The van der Waals surface area contributed by atoms with Crippen LogP contribution < -0.4 is 5.73 Å². The number of thiocarbonyl (C=S) groups is 1. The Morgan fingerprint density at radius 3 is 2.62 bits per heavy atom. The van der Waals surface area contributed by atoms with Crippen molar-refractivity contribution in [2.75, 3.05) is 33.7 Å². The van der Waals surface area contributed by atoms with Gasteiger partial charge in [0.25, 0.3) is 10.0 Å². The third-order valence-electron chi connectivity index (χ3n) is 3.84. The van der Waals surface area contributed by atoms with E-state index in [0.29, 0.717) is 21.5 Å². The van der Waals surface area contributed by atoms with E-state index >= 15 is 0 Å². The van der Waals surface area contributed by atoms with Crippen LogP contribution in [0.1, 0.15) is 17.7 Å². The van der Waals surface area contributed by atoms with Crippen molar-refractivity contribution in [1.82, 2.24) is 9.21 Å². The topological polar surface area (TPSA) is 66.6 Å². The fourth-order valence-corrected chi connectivity index (χ4v) is 5.26. The van der Waals surface area contributed by atoms with E-state index < -0.39 is 10.0 Å². The second-order valence-corrected chi connectivity index (χ2v) is 9.31. The maximum atomic E-state index is 12.5.